The molecule has 0 bridgehead atoms. The molecule has 2 aromatic rings. The molecule has 1 amide bonds. The van der Waals surface area contributed by atoms with Crippen LogP contribution in [-0.4, -0.2) is 21.9 Å². The molecule has 8 heteroatoms. The number of amides is 1. The molecule has 0 unspecified atom stereocenters. The second kappa shape index (κ2) is 5.39. The van der Waals surface area contributed by atoms with E-state index in [0.717, 1.165) is 0 Å². The van der Waals surface area contributed by atoms with E-state index in [1.54, 1.807) is 5.10 Å². The smallest absolute Gasteiger partial charge is 0.321 e. The molecule has 0 radical (unpaired) electrons. The van der Waals surface area contributed by atoms with E-state index in [-0.39, 0.29) is 11.5 Å². The predicted molar refractivity (Wildman–Crippen MR) is 68.0 cm³/mol. The lowest BCUT2D eigenvalue weighted by Gasteiger charge is -2.03. The number of carbonyl (C=O) groups is 2. The lowest BCUT2D eigenvalue weighted by molar-refractivity contribution is -0.141. The van der Waals surface area contributed by atoms with Crippen molar-refractivity contribution >= 4 is 17.4 Å². The molecule has 0 saturated carbocycles. The number of nitrogens with one attached hydrogen (secondary N) is 2. The van der Waals surface area contributed by atoms with Crippen molar-refractivity contribution in [2.24, 2.45) is 0 Å². The quantitative estimate of drug-likeness (QED) is 0.855. The van der Waals surface area contributed by atoms with Gasteiger partial charge in [-0.2, -0.15) is 18.3 Å². The van der Waals surface area contributed by atoms with Crippen LogP contribution in [-0.2, 0) is 6.18 Å². The Labute approximate surface area is 117 Å². The molecule has 2 rings (SSSR count). The first-order valence-corrected chi connectivity index (χ1v) is 5.82. The Morgan fingerprint density at radius 3 is 2.29 bits per heavy atom. The number of nitrogens with zero attached hydrogens (tertiary/aromatic N) is 1. The van der Waals surface area contributed by atoms with Gasteiger partial charge in [0.2, 0.25) is 0 Å². The molecule has 5 nitrogen and oxygen atoms in total. The Morgan fingerprint density at radius 2 is 1.81 bits per heavy atom. The lowest BCUT2D eigenvalue weighted by Crippen LogP contribution is -2.12. The summed E-state index contributed by atoms with van der Waals surface area (Å²) in [4.78, 5) is 22.8. The fourth-order valence-corrected chi connectivity index (χ4v) is 1.57. The second-order valence-corrected chi connectivity index (χ2v) is 4.25. The van der Waals surface area contributed by atoms with Gasteiger partial charge in [-0.25, -0.2) is 0 Å². The lowest BCUT2D eigenvalue weighted by atomic mass is 10.1. The third kappa shape index (κ3) is 3.47. The summed E-state index contributed by atoms with van der Waals surface area (Å²) in [6.45, 7) is 1.40. The maximum absolute atomic E-state index is 12.4. The normalized spacial score (nSPS) is 11.2. The molecule has 0 aliphatic rings. The molecule has 110 valence electrons. The van der Waals surface area contributed by atoms with Crippen LogP contribution in [0.4, 0.5) is 18.9 Å². The summed E-state index contributed by atoms with van der Waals surface area (Å²) in [6, 6.07) is 6.59. The molecule has 0 spiro atoms. The van der Waals surface area contributed by atoms with Crippen LogP contribution >= 0.6 is 0 Å². The number of anilines is 1. The van der Waals surface area contributed by atoms with E-state index >= 15 is 0 Å². The Kier molecular flexibility index (Phi) is 3.79. The van der Waals surface area contributed by atoms with Crippen LogP contribution in [0.25, 0.3) is 0 Å². The first-order chi connectivity index (χ1) is 9.77. The number of aromatic nitrogens is 2. The van der Waals surface area contributed by atoms with Crippen LogP contribution in [0.1, 0.15) is 33.5 Å². The van der Waals surface area contributed by atoms with E-state index in [2.05, 4.69) is 10.4 Å². The molecule has 0 atom stereocenters. The summed E-state index contributed by atoms with van der Waals surface area (Å²) in [6.07, 6.45) is -4.59. The van der Waals surface area contributed by atoms with Gasteiger partial charge in [-0.15, -0.1) is 0 Å². The number of H-pyrrole nitrogens is 1. The third-order valence-electron chi connectivity index (χ3n) is 2.67. The molecule has 0 fully saturated rings. The summed E-state index contributed by atoms with van der Waals surface area (Å²) >= 11 is 0. The van der Waals surface area contributed by atoms with Crippen LogP contribution in [0.15, 0.2) is 30.3 Å². The van der Waals surface area contributed by atoms with Gasteiger partial charge < -0.3 is 5.32 Å². The maximum Gasteiger partial charge on any atom is 0.432 e. The molecule has 1 heterocycles. The number of halogens is 3. The van der Waals surface area contributed by atoms with Crippen LogP contribution in [0.2, 0.25) is 0 Å². The van der Waals surface area contributed by atoms with Gasteiger partial charge in [-0.05, 0) is 31.2 Å². The largest absolute Gasteiger partial charge is 0.432 e. The highest BCUT2D eigenvalue weighted by Gasteiger charge is 2.33. The minimum absolute atomic E-state index is 0.130. The summed E-state index contributed by atoms with van der Waals surface area (Å²) in [5.41, 5.74) is -0.661. The standard InChI is InChI=1S/C13H10F3N3O2/c1-7(20)8-2-4-9(5-3-8)17-12(21)10-6-11(19-18-10)13(14,15)16/h2-6H,1H3,(H,17,21)(H,18,19). The number of benzene rings is 1. The van der Waals surface area contributed by atoms with Crippen LogP contribution < -0.4 is 5.32 Å². The Bertz CT molecular complexity index is 675. The zero-order chi connectivity index (χ0) is 15.6. The molecule has 1 aromatic heterocycles. The van der Waals surface area contributed by atoms with Gasteiger partial charge in [0.1, 0.15) is 5.69 Å². The van der Waals surface area contributed by atoms with Crippen LogP contribution in [0, 0.1) is 0 Å². The fourth-order valence-electron chi connectivity index (χ4n) is 1.57. The van der Waals surface area contributed by atoms with Gasteiger partial charge in [0, 0.05) is 17.3 Å². The van der Waals surface area contributed by atoms with Crippen molar-refractivity contribution in [1.29, 1.82) is 0 Å². The third-order valence-corrected chi connectivity index (χ3v) is 2.67. The van der Waals surface area contributed by atoms with Crippen LogP contribution in [0.5, 0.6) is 0 Å². The van der Waals surface area contributed by atoms with Gasteiger partial charge >= 0.3 is 6.18 Å². The minimum atomic E-state index is -4.59. The SMILES string of the molecule is CC(=O)c1ccc(NC(=O)c2cc(C(F)(F)F)[nH]n2)cc1. The molecule has 0 aliphatic heterocycles. The van der Waals surface area contributed by atoms with Crippen molar-refractivity contribution < 1.29 is 22.8 Å². The van der Waals surface area contributed by atoms with Gasteiger partial charge in [0.25, 0.3) is 5.91 Å². The average molecular weight is 297 g/mol. The number of carbonyl (C=O) groups excluding carboxylic acids is 2. The van der Waals surface area contributed by atoms with E-state index in [0.29, 0.717) is 17.3 Å². The number of rotatable bonds is 3. The van der Waals surface area contributed by atoms with Crippen molar-refractivity contribution in [2.75, 3.05) is 5.32 Å². The molecule has 0 aliphatic carbocycles. The van der Waals surface area contributed by atoms with Gasteiger partial charge in [-0.1, -0.05) is 0 Å². The van der Waals surface area contributed by atoms with Gasteiger partial charge in [0.05, 0.1) is 0 Å². The fraction of sp³-hybridized carbons (Fsp3) is 0.154. The Morgan fingerprint density at radius 1 is 1.19 bits per heavy atom. The molecular weight excluding hydrogens is 287 g/mol. The van der Waals surface area contributed by atoms with E-state index in [4.69, 9.17) is 0 Å². The zero-order valence-corrected chi connectivity index (χ0v) is 10.8. The molecule has 0 saturated heterocycles. The monoisotopic (exact) mass is 297 g/mol. The van der Waals surface area contributed by atoms with E-state index in [9.17, 15) is 22.8 Å². The van der Waals surface area contributed by atoms with Crippen molar-refractivity contribution in [3.63, 3.8) is 0 Å². The average Bonchev–Trinajstić information content (AvgIpc) is 2.88. The topological polar surface area (TPSA) is 74.8 Å². The molecule has 2 N–H and O–H groups in total. The maximum atomic E-state index is 12.4. The van der Waals surface area contributed by atoms with E-state index < -0.39 is 17.8 Å². The van der Waals surface area contributed by atoms with Crippen molar-refractivity contribution in [1.82, 2.24) is 10.2 Å². The van der Waals surface area contributed by atoms with Gasteiger partial charge in [-0.3, -0.25) is 14.7 Å². The number of alkyl halides is 3. The van der Waals surface area contributed by atoms with Crippen molar-refractivity contribution in [3.8, 4) is 0 Å². The first-order valence-electron chi connectivity index (χ1n) is 5.82. The number of ketones is 1. The molecule has 1 aromatic carbocycles. The highest BCUT2D eigenvalue weighted by atomic mass is 19.4. The summed E-state index contributed by atoms with van der Waals surface area (Å²) < 4.78 is 37.1. The summed E-state index contributed by atoms with van der Waals surface area (Å²) in [5, 5.41) is 7.46. The molecule has 21 heavy (non-hydrogen) atoms. The Balaban J connectivity index is 2.11. The Hall–Kier alpha value is -2.64. The van der Waals surface area contributed by atoms with Gasteiger partial charge in [0.15, 0.2) is 11.5 Å². The van der Waals surface area contributed by atoms with E-state index in [1.165, 1.54) is 31.2 Å². The highest BCUT2D eigenvalue weighted by molar-refractivity contribution is 6.03. The predicted octanol–water partition coefficient (Wildman–Crippen LogP) is 2.88. The highest BCUT2D eigenvalue weighted by Crippen LogP contribution is 2.27. The second-order valence-electron chi connectivity index (χ2n) is 4.25. The first kappa shape index (κ1) is 14.8. The molecular formula is C13H10F3N3O2. The summed E-state index contributed by atoms with van der Waals surface area (Å²) in [7, 11) is 0. The van der Waals surface area contributed by atoms with Crippen molar-refractivity contribution in [3.05, 3.63) is 47.3 Å². The zero-order valence-electron chi connectivity index (χ0n) is 10.8. The number of hydrogen-bond acceptors (Lipinski definition) is 3. The number of aromatic amines is 1. The summed E-state index contributed by atoms with van der Waals surface area (Å²) in [5.74, 6) is -0.910. The van der Waals surface area contributed by atoms with Crippen molar-refractivity contribution in [2.45, 2.75) is 13.1 Å². The van der Waals surface area contributed by atoms with Crippen LogP contribution in [0.3, 0.4) is 0 Å². The minimum Gasteiger partial charge on any atom is -0.321 e. The number of hydrogen-bond donors (Lipinski definition) is 2. The number of Topliss-reactive ketones (excluding diaryl/α,β-unsaturated/α-hetero) is 1. The van der Waals surface area contributed by atoms with E-state index in [1.807, 2.05) is 0 Å².